The molecule has 1 fully saturated rings. The molecule has 14 heavy (non-hydrogen) atoms. The van der Waals surface area contributed by atoms with E-state index in [0.29, 0.717) is 11.5 Å². The first-order valence-electron chi connectivity index (χ1n) is 5.81. The van der Waals surface area contributed by atoms with Crippen LogP contribution in [0.15, 0.2) is 0 Å². The number of hydrogen-bond donors (Lipinski definition) is 1. The van der Waals surface area contributed by atoms with E-state index in [1.54, 1.807) is 0 Å². The van der Waals surface area contributed by atoms with E-state index in [9.17, 15) is 0 Å². The van der Waals surface area contributed by atoms with Crippen LogP contribution in [0.25, 0.3) is 0 Å². The van der Waals surface area contributed by atoms with Crippen LogP contribution in [0.3, 0.4) is 0 Å². The van der Waals surface area contributed by atoms with E-state index in [1.165, 1.54) is 25.8 Å². The van der Waals surface area contributed by atoms with Gasteiger partial charge in [0.15, 0.2) is 0 Å². The van der Waals surface area contributed by atoms with Gasteiger partial charge < -0.3 is 10.2 Å². The third-order valence-electron chi connectivity index (χ3n) is 3.29. The van der Waals surface area contributed by atoms with E-state index in [2.05, 4.69) is 45.1 Å². The van der Waals surface area contributed by atoms with E-state index in [1.807, 2.05) is 0 Å². The molecule has 84 valence electrons. The van der Waals surface area contributed by atoms with Crippen LogP contribution in [0, 0.1) is 5.41 Å². The fraction of sp³-hybridized carbons (Fsp3) is 1.00. The second kappa shape index (κ2) is 4.63. The van der Waals surface area contributed by atoms with E-state index in [-0.39, 0.29) is 0 Å². The van der Waals surface area contributed by atoms with E-state index >= 15 is 0 Å². The monoisotopic (exact) mass is 198 g/mol. The molecule has 1 aliphatic rings. The molecule has 2 atom stereocenters. The highest BCUT2D eigenvalue weighted by molar-refractivity contribution is 4.87. The predicted molar refractivity (Wildman–Crippen MR) is 62.6 cm³/mol. The van der Waals surface area contributed by atoms with Crippen LogP contribution in [-0.2, 0) is 0 Å². The van der Waals surface area contributed by atoms with Crippen molar-refractivity contribution in [1.29, 1.82) is 0 Å². The van der Waals surface area contributed by atoms with Crippen LogP contribution in [0.4, 0.5) is 0 Å². The highest BCUT2D eigenvalue weighted by atomic mass is 15.1. The minimum atomic E-state index is 0.383. The van der Waals surface area contributed by atoms with Gasteiger partial charge in [-0.05, 0) is 45.3 Å². The fourth-order valence-corrected chi connectivity index (χ4v) is 2.57. The van der Waals surface area contributed by atoms with Crippen LogP contribution >= 0.6 is 0 Å². The van der Waals surface area contributed by atoms with Crippen LogP contribution < -0.4 is 5.32 Å². The molecule has 1 N–H and O–H groups in total. The van der Waals surface area contributed by atoms with Crippen molar-refractivity contribution in [3.05, 3.63) is 0 Å². The Bertz CT molecular complexity index is 164. The smallest absolute Gasteiger partial charge is 0.0152 e. The summed E-state index contributed by atoms with van der Waals surface area (Å²) in [5.74, 6) is 0. The van der Waals surface area contributed by atoms with Gasteiger partial charge in [-0.1, -0.05) is 20.8 Å². The molecule has 0 aromatic carbocycles. The van der Waals surface area contributed by atoms with Gasteiger partial charge in [-0.3, -0.25) is 0 Å². The maximum atomic E-state index is 3.59. The van der Waals surface area contributed by atoms with Crippen molar-refractivity contribution in [3.63, 3.8) is 0 Å². The van der Waals surface area contributed by atoms with E-state index in [4.69, 9.17) is 0 Å². The van der Waals surface area contributed by atoms with Gasteiger partial charge in [0, 0.05) is 12.1 Å². The molecule has 1 aliphatic heterocycles. The first kappa shape index (κ1) is 12.0. The van der Waals surface area contributed by atoms with E-state index in [0.717, 1.165) is 6.04 Å². The standard InChI is InChI=1S/C12H26N2/c1-12(2,3)11(14(4)5)9-10-7-6-8-13-10/h10-11,13H,6-9H2,1-5H3. The normalized spacial score (nSPS) is 25.7. The Morgan fingerprint density at radius 2 is 2.00 bits per heavy atom. The maximum Gasteiger partial charge on any atom is 0.0152 e. The van der Waals surface area contributed by atoms with Gasteiger partial charge in [0.2, 0.25) is 0 Å². The molecule has 1 heterocycles. The van der Waals surface area contributed by atoms with Crippen molar-refractivity contribution >= 4 is 0 Å². The number of nitrogens with one attached hydrogen (secondary N) is 1. The summed E-state index contributed by atoms with van der Waals surface area (Å²) in [7, 11) is 4.40. The lowest BCUT2D eigenvalue weighted by Gasteiger charge is -2.37. The molecular weight excluding hydrogens is 172 g/mol. The second-order valence-electron chi connectivity index (χ2n) is 5.87. The Morgan fingerprint density at radius 3 is 2.36 bits per heavy atom. The Balaban J connectivity index is 2.50. The first-order valence-corrected chi connectivity index (χ1v) is 5.81. The zero-order chi connectivity index (χ0) is 10.8. The Hall–Kier alpha value is -0.0800. The molecule has 0 bridgehead atoms. The average Bonchev–Trinajstić information content (AvgIpc) is 2.48. The van der Waals surface area contributed by atoms with Crippen molar-refractivity contribution in [3.8, 4) is 0 Å². The largest absolute Gasteiger partial charge is 0.314 e. The van der Waals surface area contributed by atoms with Gasteiger partial charge in [0.05, 0.1) is 0 Å². The molecule has 0 radical (unpaired) electrons. The summed E-state index contributed by atoms with van der Waals surface area (Å²) >= 11 is 0. The molecule has 0 aromatic rings. The third-order valence-corrected chi connectivity index (χ3v) is 3.29. The number of hydrogen-bond acceptors (Lipinski definition) is 2. The summed E-state index contributed by atoms with van der Waals surface area (Å²) in [5.41, 5.74) is 0.383. The van der Waals surface area contributed by atoms with Crippen molar-refractivity contribution < 1.29 is 0 Å². The third kappa shape index (κ3) is 3.25. The summed E-state index contributed by atoms with van der Waals surface area (Å²) in [4.78, 5) is 2.38. The Morgan fingerprint density at radius 1 is 1.36 bits per heavy atom. The molecule has 0 saturated carbocycles. The van der Waals surface area contributed by atoms with Gasteiger partial charge in [-0.25, -0.2) is 0 Å². The Labute approximate surface area is 89.1 Å². The summed E-state index contributed by atoms with van der Waals surface area (Å²) in [6.07, 6.45) is 4.01. The number of nitrogens with zero attached hydrogens (tertiary/aromatic N) is 1. The maximum absolute atomic E-state index is 3.59. The Kier molecular flexibility index (Phi) is 3.96. The van der Waals surface area contributed by atoms with Gasteiger partial charge in [0.1, 0.15) is 0 Å². The summed E-state index contributed by atoms with van der Waals surface area (Å²) in [6, 6.07) is 1.43. The predicted octanol–water partition coefficient (Wildman–Crippen LogP) is 2.10. The minimum Gasteiger partial charge on any atom is -0.314 e. The van der Waals surface area contributed by atoms with Crippen molar-refractivity contribution in [2.45, 2.75) is 52.1 Å². The highest BCUT2D eigenvalue weighted by Gasteiger charge is 2.29. The quantitative estimate of drug-likeness (QED) is 0.747. The molecule has 0 aliphatic carbocycles. The summed E-state index contributed by atoms with van der Waals surface area (Å²) in [5, 5.41) is 3.59. The summed E-state index contributed by atoms with van der Waals surface area (Å²) < 4.78 is 0. The lowest BCUT2D eigenvalue weighted by Crippen LogP contribution is -2.43. The molecule has 2 nitrogen and oxygen atoms in total. The second-order valence-corrected chi connectivity index (χ2v) is 5.87. The molecule has 2 unspecified atom stereocenters. The van der Waals surface area contributed by atoms with Crippen LogP contribution in [-0.4, -0.2) is 37.6 Å². The first-order chi connectivity index (χ1) is 6.41. The van der Waals surface area contributed by atoms with Crippen LogP contribution in [0.2, 0.25) is 0 Å². The lowest BCUT2D eigenvalue weighted by molar-refractivity contribution is 0.132. The number of rotatable bonds is 3. The average molecular weight is 198 g/mol. The zero-order valence-corrected chi connectivity index (χ0v) is 10.4. The molecular formula is C12H26N2. The molecule has 0 spiro atoms. The topological polar surface area (TPSA) is 15.3 Å². The van der Waals surface area contributed by atoms with Gasteiger partial charge in [-0.15, -0.1) is 0 Å². The molecule has 0 aromatic heterocycles. The van der Waals surface area contributed by atoms with Crippen molar-refractivity contribution in [2.75, 3.05) is 20.6 Å². The fourth-order valence-electron chi connectivity index (χ4n) is 2.57. The molecule has 0 amide bonds. The lowest BCUT2D eigenvalue weighted by atomic mass is 9.82. The SMILES string of the molecule is CN(C)C(CC1CCCN1)C(C)(C)C. The van der Waals surface area contributed by atoms with Gasteiger partial charge in [0.25, 0.3) is 0 Å². The molecule has 1 saturated heterocycles. The molecule has 2 heteroatoms. The summed E-state index contributed by atoms with van der Waals surface area (Å²) in [6.45, 7) is 8.24. The zero-order valence-electron chi connectivity index (χ0n) is 10.4. The van der Waals surface area contributed by atoms with Crippen molar-refractivity contribution in [1.82, 2.24) is 10.2 Å². The minimum absolute atomic E-state index is 0.383. The highest BCUT2D eigenvalue weighted by Crippen LogP contribution is 2.28. The molecule has 1 rings (SSSR count). The van der Waals surface area contributed by atoms with Crippen LogP contribution in [0.5, 0.6) is 0 Å². The van der Waals surface area contributed by atoms with Crippen LogP contribution in [0.1, 0.15) is 40.0 Å². The van der Waals surface area contributed by atoms with E-state index < -0.39 is 0 Å². The van der Waals surface area contributed by atoms with Crippen molar-refractivity contribution in [2.24, 2.45) is 5.41 Å². The van der Waals surface area contributed by atoms with Gasteiger partial charge in [-0.2, -0.15) is 0 Å². The van der Waals surface area contributed by atoms with Gasteiger partial charge >= 0.3 is 0 Å².